The minimum absolute atomic E-state index is 0.0960. The number of rotatable bonds is 6. The molecule has 0 aromatic heterocycles. The molecule has 4 aliphatic carbocycles. The van der Waals surface area contributed by atoms with Crippen LogP contribution in [0.25, 0.3) is 0 Å². The molecule has 9 bridgehead atoms. The summed E-state index contributed by atoms with van der Waals surface area (Å²) in [5.74, 6) is -1.38. The normalized spacial score (nSPS) is 60.6. The number of hydrogen-bond acceptors (Lipinski definition) is 10. The second-order valence-corrected chi connectivity index (χ2v) is 12.1. The maximum Gasteiger partial charge on any atom is 0.144 e. The molecule has 7 rings (SSSR count). The fraction of sp³-hybridized carbons (Fsp3) is 1.00. The first-order valence-corrected chi connectivity index (χ1v) is 13.0. The average molecular weight is 499 g/mol. The quantitative estimate of drug-likeness (QED) is 0.302. The van der Waals surface area contributed by atoms with Crippen LogP contribution in [0.3, 0.4) is 0 Å². The van der Waals surface area contributed by atoms with Crippen LogP contribution >= 0.6 is 0 Å². The highest BCUT2D eigenvalue weighted by Gasteiger charge is 2.87. The molecule has 14 atom stereocenters. The van der Waals surface area contributed by atoms with E-state index >= 15 is 0 Å². The smallest absolute Gasteiger partial charge is 0.144 e. The summed E-state index contributed by atoms with van der Waals surface area (Å²) in [6.45, 7) is 3.83. The number of nitrogens with zero attached hydrogens (tertiary/aromatic N) is 1. The zero-order valence-corrected chi connectivity index (χ0v) is 21.4. The summed E-state index contributed by atoms with van der Waals surface area (Å²) < 4.78 is 24.1. The van der Waals surface area contributed by atoms with Crippen LogP contribution < -0.4 is 5.32 Å². The fourth-order valence-electron chi connectivity index (χ4n) is 10.8. The number of aliphatic hydroxyl groups is 4. The molecule has 3 saturated heterocycles. The van der Waals surface area contributed by atoms with Crippen molar-refractivity contribution in [3.8, 4) is 0 Å². The van der Waals surface area contributed by atoms with E-state index in [0.717, 1.165) is 6.54 Å². The van der Waals surface area contributed by atoms with E-state index in [1.807, 2.05) is 0 Å². The summed E-state index contributed by atoms with van der Waals surface area (Å²) in [6.07, 6.45) is -2.28. The van der Waals surface area contributed by atoms with Gasteiger partial charge in [0, 0.05) is 82.5 Å². The lowest BCUT2D eigenvalue weighted by atomic mass is 9.41. The van der Waals surface area contributed by atoms with Crippen molar-refractivity contribution < 1.29 is 39.4 Å². The van der Waals surface area contributed by atoms with Crippen molar-refractivity contribution in [2.24, 2.45) is 34.5 Å². The molecule has 7 aliphatic rings. The molecular weight excluding hydrogens is 456 g/mol. The van der Waals surface area contributed by atoms with Gasteiger partial charge in [-0.1, -0.05) is 6.92 Å². The maximum absolute atomic E-state index is 12.7. The lowest BCUT2D eigenvalue weighted by Crippen LogP contribution is -2.80. The highest BCUT2D eigenvalue weighted by atomic mass is 16.5. The van der Waals surface area contributed by atoms with Crippen LogP contribution in [0.4, 0.5) is 0 Å². The molecule has 7 fully saturated rings. The van der Waals surface area contributed by atoms with Crippen LogP contribution in [0.15, 0.2) is 0 Å². The minimum Gasteiger partial charge on any atom is -0.392 e. The van der Waals surface area contributed by atoms with Crippen LogP contribution in [0.2, 0.25) is 0 Å². The number of likely N-dealkylation sites (tertiary alicyclic amines) is 1. The summed E-state index contributed by atoms with van der Waals surface area (Å²) >= 11 is 0. The van der Waals surface area contributed by atoms with Crippen LogP contribution in [0, 0.1) is 34.5 Å². The minimum atomic E-state index is -1.49. The Morgan fingerprint density at radius 3 is 2.29 bits per heavy atom. The van der Waals surface area contributed by atoms with Gasteiger partial charge < -0.3 is 39.4 Å². The Morgan fingerprint density at radius 2 is 1.69 bits per heavy atom. The zero-order chi connectivity index (χ0) is 25.1. The van der Waals surface area contributed by atoms with Gasteiger partial charge in [-0.25, -0.2) is 0 Å². The highest BCUT2D eigenvalue weighted by Crippen LogP contribution is 2.78. The van der Waals surface area contributed by atoms with Crippen LogP contribution in [0.5, 0.6) is 0 Å². The first-order valence-electron chi connectivity index (χ1n) is 13.0. The highest BCUT2D eigenvalue weighted by molar-refractivity contribution is 5.36. The number of hydrogen-bond donors (Lipinski definition) is 5. The third-order valence-electron chi connectivity index (χ3n) is 11.4. The predicted molar refractivity (Wildman–Crippen MR) is 123 cm³/mol. The van der Waals surface area contributed by atoms with Gasteiger partial charge in [0.15, 0.2) is 0 Å². The van der Waals surface area contributed by atoms with Crippen molar-refractivity contribution in [3.63, 3.8) is 0 Å². The molecule has 4 saturated carbocycles. The molecule has 0 radical (unpaired) electrons. The Morgan fingerprint density at radius 1 is 0.971 bits per heavy atom. The monoisotopic (exact) mass is 498 g/mol. The van der Waals surface area contributed by atoms with E-state index in [1.165, 1.54) is 0 Å². The number of methoxy groups -OCH3 is 4. The Kier molecular flexibility index (Phi) is 5.56. The van der Waals surface area contributed by atoms with Gasteiger partial charge in [-0.2, -0.15) is 0 Å². The first-order chi connectivity index (χ1) is 16.6. The van der Waals surface area contributed by atoms with E-state index in [2.05, 4.69) is 17.1 Å². The van der Waals surface area contributed by atoms with E-state index in [-0.39, 0.29) is 42.4 Å². The summed E-state index contributed by atoms with van der Waals surface area (Å²) in [6, 6.07) is -0.0960. The molecule has 1 spiro atoms. The molecule has 2 unspecified atom stereocenters. The largest absolute Gasteiger partial charge is 0.392 e. The molecule has 10 heteroatoms. The number of piperidine rings is 2. The van der Waals surface area contributed by atoms with Gasteiger partial charge in [0.2, 0.25) is 0 Å². The zero-order valence-electron chi connectivity index (χ0n) is 21.4. The molecule has 5 N–H and O–H groups in total. The van der Waals surface area contributed by atoms with Gasteiger partial charge in [-0.05, 0) is 18.9 Å². The maximum atomic E-state index is 12.7. The molecule has 3 heterocycles. The van der Waals surface area contributed by atoms with Crippen LogP contribution in [0.1, 0.15) is 26.2 Å². The summed E-state index contributed by atoms with van der Waals surface area (Å²) in [7, 11) is 6.59. The van der Waals surface area contributed by atoms with E-state index in [9.17, 15) is 20.4 Å². The van der Waals surface area contributed by atoms with Gasteiger partial charge in [-0.3, -0.25) is 10.2 Å². The first kappa shape index (κ1) is 24.9. The predicted octanol–water partition coefficient (Wildman–Crippen LogP) is -1.25. The van der Waals surface area contributed by atoms with E-state index in [1.54, 1.807) is 28.4 Å². The molecular formula is C25H42N2O8. The van der Waals surface area contributed by atoms with Gasteiger partial charge in [-0.15, -0.1) is 0 Å². The van der Waals surface area contributed by atoms with Crippen LogP contribution in [-0.4, -0.2) is 121 Å². The lowest BCUT2D eigenvalue weighted by Gasteiger charge is -2.71. The molecule has 3 aliphatic heterocycles. The van der Waals surface area contributed by atoms with E-state index in [0.29, 0.717) is 26.0 Å². The van der Waals surface area contributed by atoms with Gasteiger partial charge in [0.25, 0.3) is 0 Å². The van der Waals surface area contributed by atoms with Crippen molar-refractivity contribution in [2.45, 2.75) is 74.2 Å². The number of fused-ring (bicyclic) bond motifs is 2. The standard InChI is InChI=1S/C25H42N2O8/c1-6-27-10-22(11-32-2)13(28)7-14(33-3)25-12-8-24(31)15(34-4)9-23(30,16(12)21(29)26-24)17(20(25)27)18(35-5)19(22)25/h12-21,26,28-31H,6-11H2,1-5H3/t12-,13?,14+,15+,16-,17+,18+,19-,20-,21?,22-,23-,24+,25+/m1/s1. The van der Waals surface area contributed by atoms with Crippen molar-refractivity contribution in [1.82, 2.24) is 10.2 Å². The molecule has 35 heavy (non-hydrogen) atoms. The molecule has 200 valence electrons. The molecule has 0 aromatic carbocycles. The van der Waals surface area contributed by atoms with Gasteiger partial charge >= 0.3 is 0 Å². The van der Waals surface area contributed by atoms with E-state index in [4.69, 9.17) is 18.9 Å². The van der Waals surface area contributed by atoms with Gasteiger partial charge in [0.05, 0.1) is 30.5 Å². The second-order valence-electron chi connectivity index (χ2n) is 12.1. The van der Waals surface area contributed by atoms with Crippen molar-refractivity contribution >= 4 is 0 Å². The summed E-state index contributed by atoms with van der Waals surface area (Å²) in [5.41, 5.74) is -4.05. The molecule has 0 aromatic rings. The Bertz CT molecular complexity index is 865. The van der Waals surface area contributed by atoms with Gasteiger partial charge in [0.1, 0.15) is 18.1 Å². The summed E-state index contributed by atoms with van der Waals surface area (Å²) in [5, 5.41) is 50.7. The van der Waals surface area contributed by atoms with E-state index < -0.39 is 46.5 Å². The fourth-order valence-corrected chi connectivity index (χ4v) is 10.8. The third-order valence-corrected chi connectivity index (χ3v) is 11.4. The Balaban J connectivity index is 1.68. The van der Waals surface area contributed by atoms with Crippen molar-refractivity contribution in [1.29, 1.82) is 0 Å². The lowest BCUT2D eigenvalue weighted by molar-refractivity contribution is -0.312. The Labute approximate surface area is 206 Å². The average Bonchev–Trinajstić information content (AvgIpc) is 2.91. The number of aliphatic hydroxyl groups excluding tert-OH is 2. The molecule has 0 amide bonds. The van der Waals surface area contributed by atoms with Crippen molar-refractivity contribution in [2.75, 3.05) is 48.1 Å². The summed E-state index contributed by atoms with van der Waals surface area (Å²) in [4.78, 5) is 2.38. The third kappa shape index (κ3) is 2.60. The SMILES string of the molecule is CCN1C[C@@]2(COC)C(O)C[C@H](OC)[C@@]34[C@@H]5C[C@@]6(O)NC(O)[C@@H]5[C@](O)(C[C@@H]6OC)[C@@H]([C@H](OC)[C@H]23)[C@@H]14. The van der Waals surface area contributed by atoms with Crippen molar-refractivity contribution in [3.05, 3.63) is 0 Å². The second kappa shape index (κ2) is 7.81. The van der Waals surface area contributed by atoms with Crippen LogP contribution in [-0.2, 0) is 18.9 Å². The number of ether oxygens (including phenoxy) is 4. The Hall–Kier alpha value is -0.400. The topological polar surface area (TPSA) is 133 Å². The molecule has 10 nitrogen and oxygen atoms in total. The number of nitrogens with one attached hydrogen (secondary N) is 1.